The minimum atomic E-state index is -0.466. The molecule has 1 saturated heterocycles. The molecule has 1 unspecified atom stereocenters. The van der Waals surface area contributed by atoms with E-state index in [4.69, 9.17) is 0 Å². The third-order valence-electron chi connectivity index (χ3n) is 3.15. The lowest BCUT2D eigenvalue weighted by Crippen LogP contribution is -2.57. The number of benzene rings is 1. The Balaban J connectivity index is 2.46. The Morgan fingerprint density at radius 1 is 1.28 bits per heavy atom. The second kappa shape index (κ2) is 4.72. The van der Waals surface area contributed by atoms with Crippen LogP contribution in [0.2, 0.25) is 0 Å². The van der Waals surface area contributed by atoms with Gasteiger partial charge in [-0.25, -0.2) is 0 Å². The molecule has 1 aliphatic rings. The van der Waals surface area contributed by atoms with Gasteiger partial charge in [-0.15, -0.1) is 0 Å². The van der Waals surface area contributed by atoms with Crippen molar-refractivity contribution in [3.05, 3.63) is 27.7 Å². The lowest BCUT2D eigenvalue weighted by molar-refractivity contribution is -0.130. The maximum atomic E-state index is 12.0. The van der Waals surface area contributed by atoms with Crippen LogP contribution in [-0.2, 0) is 9.59 Å². The summed E-state index contributed by atoms with van der Waals surface area (Å²) in [7, 11) is 0. The highest BCUT2D eigenvalue weighted by Crippen LogP contribution is 2.29. The molecule has 0 aromatic heterocycles. The van der Waals surface area contributed by atoms with Gasteiger partial charge in [-0.2, -0.15) is 0 Å². The summed E-state index contributed by atoms with van der Waals surface area (Å²) in [5.41, 5.74) is 2.88. The summed E-state index contributed by atoms with van der Waals surface area (Å²) < 4.78 is 1.04. The predicted molar refractivity (Wildman–Crippen MR) is 73.6 cm³/mol. The normalized spacial score (nSPS) is 20.0. The Kier molecular flexibility index (Phi) is 3.43. The Morgan fingerprint density at radius 3 is 2.39 bits per heavy atom. The van der Waals surface area contributed by atoms with Crippen LogP contribution >= 0.6 is 15.9 Å². The summed E-state index contributed by atoms with van der Waals surface area (Å²) in [6.45, 7) is 5.75. The van der Waals surface area contributed by atoms with Gasteiger partial charge in [0.2, 0.25) is 11.8 Å². The minimum Gasteiger partial charge on any atom is -0.345 e. The zero-order valence-electron chi connectivity index (χ0n) is 10.6. The topological polar surface area (TPSA) is 49.4 Å². The second-order valence-corrected chi connectivity index (χ2v) is 5.34. The first-order chi connectivity index (χ1) is 8.41. The number of rotatable bonds is 1. The van der Waals surface area contributed by atoms with Gasteiger partial charge in [0.1, 0.15) is 6.04 Å². The van der Waals surface area contributed by atoms with Crippen molar-refractivity contribution in [1.82, 2.24) is 5.32 Å². The van der Waals surface area contributed by atoms with Crippen molar-refractivity contribution < 1.29 is 9.59 Å². The van der Waals surface area contributed by atoms with Gasteiger partial charge in [-0.1, -0.05) is 15.9 Å². The van der Waals surface area contributed by atoms with Crippen LogP contribution in [0.3, 0.4) is 0 Å². The maximum Gasteiger partial charge on any atom is 0.247 e. The number of anilines is 1. The smallest absolute Gasteiger partial charge is 0.247 e. The van der Waals surface area contributed by atoms with Gasteiger partial charge in [0.05, 0.1) is 6.54 Å². The van der Waals surface area contributed by atoms with Crippen molar-refractivity contribution in [1.29, 1.82) is 0 Å². The number of nitrogens with one attached hydrogen (secondary N) is 1. The predicted octanol–water partition coefficient (Wildman–Crippen LogP) is 1.92. The number of aryl methyl sites for hydroxylation is 2. The van der Waals surface area contributed by atoms with Gasteiger partial charge in [-0.3, -0.25) is 14.5 Å². The van der Waals surface area contributed by atoms with Crippen LogP contribution in [0.5, 0.6) is 0 Å². The molecule has 4 nitrogen and oxygen atoms in total. The molecule has 0 radical (unpaired) electrons. The van der Waals surface area contributed by atoms with E-state index in [9.17, 15) is 9.59 Å². The molecule has 96 valence electrons. The summed E-state index contributed by atoms with van der Waals surface area (Å²) >= 11 is 3.50. The van der Waals surface area contributed by atoms with Crippen molar-refractivity contribution in [3.8, 4) is 0 Å². The number of carbonyl (C=O) groups is 2. The number of piperazine rings is 1. The molecule has 18 heavy (non-hydrogen) atoms. The molecule has 1 fully saturated rings. The highest BCUT2D eigenvalue weighted by atomic mass is 79.9. The first kappa shape index (κ1) is 13.1. The van der Waals surface area contributed by atoms with Gasteiger partial charge in [0.25, 0.3) is 0 Å². The van der Waals surface area contributed by atoms with Crippen LogP contribution in [-0.4, -0.2) is 24.4 Å². The molecule has 1 aromatic rings. The van der Waals surface area contributed by atoms with Gasteiger partial charge >= 0.3 is 0 Å². The molecule has 1 aromatic carbocycles. The first-order valence-electron chi connectivity index (χ1n) is 5.78. The fourth-order valence-electron chi connectivity index (χ4n) is 2.16. The Morgan fingerprint density at radius 2 is 1.83 bits per heavy atom. The van der Waals surface area contributed by atoms with Gasteiger partial charge in [0.15, 0.2) is 0 Å². The van der Waals surface area contributed by atoms with Crippen LogP contribution in [0.15, 0.2) is 16.6 Å². The summed E-state index contributed by atoms with van der Waals surface area (Å²) in [4.78, 5) is 25.2. The first-order valence-corrected chi connectivity index (χ1v) is 6.57. The molecule has 0 bridgehead atoms. The molecule has 0 spiro atoms. The molecule has 1 heterocycles. The summed E-state index contributed by atoms with van der Waals surface area (Å²) in [6, 6.07) is 3.37. The van der Waals surface area contributed by atoms with E-state index in [1.165, 1.54) is 0 Å². The molecule has 0 aliphatic carbocycles. The molecule has 0 saturated carbocycles. The molecular formula is C13H15BrN2O2. The highest BCUT2D eigenvalue weighted by molar-refractivity contribution is 9.10. The van der Waals surface area contributed by atoms with Gasteiger partial charge in [-0.05, 0) is 44.0 Å². The zero-order valence-corrected chi connectivity index (χ0v) is 12.2. The summed E-state index contributed by atoms with van der Waals surface area (Å²) in [6.07, 6.45) is 0. The largest absolute Gasteiger partial charge is 0.345 e. The van der Waals surface area contributed by atoms with E-state index < -0.39 is 6.04 Å². The number of hydrogen-bond acceptors (Lipinski definition) is 2. The standard InChI is InChI=1S/C13H15BrN2O2/c1-7-4-10(5-8(2)12(7)14)16-9(3)13(18)15-6-11(16)17/h4-5,9H,6H2,1-3H3,(H,15,18). The third kappa shape index (κ3) is 2.14. The molecule has 1 atom stereocenters. The Labute approximate surface area is 114 Å². The molecule has 2 amide bonds. The fourth-order valence-corrected chi connectivity index (χ4v) is 2.39. The maximum absolute atomic E-state index is 12.0. The second-order valence-electron chi connectivity index (χ2n) is 4.55. The average Bonchev–Trinajstić information content (AvgIpc) is 2.31. The van der Waals surface area contributed by atoms with Crippen molar-refractivity contribution in [2.24, 2.45) is 0 Å². The number of halogens is 1. The van der Waals surface area contributed by atoms with E-state index in [2.05, 4.69) is 21.2 Å². The van der Waals surface area contributed by atoms with Crippen molar-refractivity contribution in [2.75, 3.05) is 11.4 Å². The summed E-state index contributed by atoms with van der Waals surface area (Å²) in [5, 5.41) is 2.58. The lowest BCUT2D eigenvalue weighted by atomic mass is 10.1. The Bertz CT molecular complexity index is 505. The number of carbonyl (C=O) groups excluding carboxylic acids is 2. The van der Waals surface area contributed by atoms with Crippen molar-refractivity contribution >= 4 is 33.4 Å². The van der Waals surface area contributed by atoms with E-state index in [-0.39, 0.29) is 18.4 Å². The van der Waals surface area contributed by atoms with Crippen molar-refractivity contribution in [2.45, 2.75) is 26.8 Å². The molecular weight excluding hydrogens is 296 g/mol. The summed E-state index contributed by atoms with van der Waals surface area (Å²) in [5.74, 6) is -0.198. The van der Waals surface area contributed by atoms with Crippen LogP contribution in [0.25, 0.3) is 0 Å². The fraction of sp³-hybridized carbons (Fsp3) is 0.385. The van der Waals surface area contributed by atoms with Crippen LogP contribution in [0.4, 0.5) is 5.69 Å². The average molecular weight is 311 g/mol. The van der Waals surface area contributed by atoms with E-state index in [1.54, 1.807) is 11.8 Å². The van der Waals surface area contributed by atoms with Crippen LogP contribution < -0.4 is 10.2 Å². The monoisotopic (exact) mass is 310 g/mol. The number of amides is 2. The van der Waals surface area contributed by atoms with Gasteiger partial charge < -0.3 is 5.32 Å². The molecule has 1 aliphatic heterocycles. The molecule has 5 heteroatoms. The zero-order chi connectivity index (χ0) is 13.4. The third-order valence-corrected chi connectivity index (χ3v) is 4.40. The van der Waals surface area contributed by atoms with E-state index >= 15 is 0 Å². The Hall–Kier alpha value is -1.36. The van der Waals surface area contributed by atoms with E-state index in [0.29, 0.717) is 0 Å². The highest BCUT2D eigenvalue weighted by Gasteiger charge is 2.32. The van der Waals surface area contributed by atoms with E-state index in [1.807, 2.05) is 26.0 Å². The number of nitrogens with zero attached hydrogens (tertiary/aromatic N) is 1. The molecule has 1 N–H and O–H groups in total. The SMILES string of the molecule is Cc1cc(N2C(=O)CNC(=O)C2C)cc(C)c1Br. The van der Waals surface area contributed by atoms with Crippen LogP contribution in [0.1, 0.15) is 18.1 Å². The molecule has 2 rings (SSSR count). The lowest BCUT2D eigenvalue weighted by Gasteiger charge is -2.33. The van der Waals surface area contributed by atoms with Gasteiger partial charge in [0, 0.05) is 10.2 Å². The number of hydrogen-bond donors (Lipinski definition) is 1. The van der Waals surface area contributed by atoms with Crippen molar-refractivity contribution in [3.63, 3.8) is 0 Å². The van der Waals surface area contributed by atoms with Crippen LogP contribution in [0, 0.1) is 13.8 Å². The van der Waals surface area contributed by atoms with E-state index in [0.717, 1.165) is 21.3 Å². The minimum absolute atomic E-state index is 0.0668. The quantitative estimate of drug-likeness (QED) is 0.861.